The van der Waals surface area contributed by atoms with Gasteiger partial charge in [0.15, 0.2) is 0 Å². The summed E-state index contributed by atoms with van der Waals surface area (Å²) in [6.45, 7) is 5.46. The van der Waals surface area contributed by atoms with Crippen molar-refractivity contribution in [2.45, 2.75) is 51.1 Å². The number of nitrogens with zero attached hydrogens (tertiary/aromatic N) is 2. The zero-order valence-corrected chi connectivity index (χ0v) is 27.9. The molecule has 0 fully saturated rings. The van der Waals surface area contributed by atoms with Gasteiger partial charge in [-0.25, -0.2) is 8.42 Å². The Morgan fingerprint density at radius 1 is 0.822 bits per heavy atom. The number of hydrogen-bond acceptors (Lipinski definition) is 4. The van der Waals surface area contributed by atoms with Crippen molar-refractivity contribution in [3.63, 3.8) is 0 Å². The largest absolute Gasteiger partial charge is 0.354 e. The first-order chi connectivity index (χ1) is 21.5. The normalized spacial score (nSPS) is 11.9. The van der Waals surface area contributed by atoms with E-state index in [-0.39, 0.29) is 29.5 Å². The molecule has 1 atom stereocenters. The summed E-state index contributed by atoms with van der Waals surface area (Å²) < 4.78 is 29.5. The van der Waals surface area contributed by atoms with Crippen LogP contribution in [0, 0.1) is 13.8 Å². The van der Waals surface area contributed by atoms with E-state index < -0.39 is 28.5 Å². The van der Waals surface area contributed by atoms with Crippen LogP contribution in [-0.2, 0) is 32.6 Å². The lowest BCUT2D eigenvalue weighted by atomic mass is 10.0. The molecule has 0 aromatic heterocycles. The predicted molar refractivity (Wildman–Crippen MR) is 181 cm³/mol. The Kier molecular flexibility index (Phi) is 11.7. The summed E-state index contributed by atoms with van der Waals surface area (Å²) in [6.07, 6.45) is 0.937. The summed E-state index contributed by atoms with van der Waals surface area (Å²) >= 11 is 12.6. The molecule has 0 radical (unpaired) electrons. The van der Waals surface area contributed by atoms with Crippen molar-refractivity contribution in [2.75, 3.05) is 17.4 Å². The molecule has 4 aromatic carbocycles. The number of halogens is 2. The SMILES string of the molecule is CCCNC(=O)C(Cc1ccccc1)N(Cc1cccc(Cl)c1)C(=O)CN(c1cc(Cl)ccc1C)S(=O)(=O)c1ccc(C)cc1. The molecular weight excluding hydrogens is 629 g/mol. The number of amides is 2. The van der Waals surface area contributed by atoms with Crippen LogP contribution in [0.3, 0.4) is 0 Å². The van der Waals surface area contributed by atoms with Gasteiger partial charge in [0.2, 0.25) is 11.8 Å². The second-order valence-electron chi connectivity index (χ2n) is 10.9. The second-order valence-corrected chi connectivity index (χ2v) is 13.6. The van der Waals surface area contributed by atoms with E-state index in [0.29, 0.717) is 34.1 Å². The maximum absolute atomic E-state index is 14.5. The van der Waals surface area contributed by atoms with E-state index in [4.69, 9.17) is 23.2 Å². The van der Waals surface area contributed by atoms with E-state index in [0.717, 1.165) is 15.4 Å². The molecular formula is C35H37Cl2N3O4S. The third-order valence-corrected chi connectivity index (χ3v) is 9.63. The summed E-state index contributed by atoms with van der Waals surface area (Å²) in [7, 11) is -4.23. The molecule has 2 amide bonds. The predicted octanol–water partition coefficient (Wildman–Crippen LogP) is 6.97. The third-order valence-electron chi connectivity index (χ3n) is 7.39. The minimum absolute atomic E-state index is 0.0307. The monoisotopic (exact) mass is 665 g/mol. The first-order valence-corrected chi connectivity index (χ1v) is 16.9. The fourth-order valence-corrected chi connectivity index (χ4v) is 6.80. The van der Waals surface area contributed by atoms with Crippen LogP contribution in [0.4, 0.5) is 5.69 Å². The van der Waals surface area contributed by atoms with Gasteiger partial charge < -0.3 is 10.2 Å². The average Bonchev–Trinajstić information content (AvgIpc) is 3.02. The van der Waals surface area contributed by atoms with Gasteiger partial charge in [-0.05, 0) is 73.4 Å². The molecule has 4 aromatic rings. The number of anilines is 1. The van der Waals surface area contributed by atoms with Gasteiger partial charge in [-0.3, -0.25) is 13.9 Å². The molecule has 0 heterocycles. The van der Waals surface area contributed by atoms with E-state index in [9.17, 15) is 18.0 Å². The molecule has 0 spiro atoms. The van der Waals surface area contributed by atoms with Crippen LogP contribution in [0.5, 0.6) is 0 Å². The molecule has 4 rings (SSSR count). The molecule has 10 heteroatoms. The van der Waals surface area contributed by atoms with Crippen molar-refractivity contribution in [2.24, 2.45) is 0 Å². The van der Waals surface area contributed by atoms with E-state index in [1.807, 2.05) is 50.2 Å². The molecule has 0 saturated carbocycles. The Morgan fingerprint density at radius 2 is 1.49 bits per heavy atom. The molecule has 1 N–H and O–H groups in total. The number of hydrogen-bond donors (Lipinski definition) is 1. The van der Waals surface area contributed by atoms with Gasteiger partial charge in [0.1, 0.15) is 12.6 Å². The molecule has 0 bridgehead atoms. The first-order valence-electron chi connectivity index (χ1n) is 14.7. The van der Waals surface area contributed by atoms with Crippen LogP contribution < -0.4 is 9.62 Å². The highest BCUT2D eigenvalue weighted by atomic mass is 35.5. The summed E-state index contributed by atoms with van der Waals surface area (Å²) in [4.78, 5) is 29.7. The van der Waals surface area contributed by atoms with Gasteiger partial charge in [-0.15, -0.1) is 0 Å². The quantitative estimate of drug-likeness (QED) is 0.167. The van der Waals surface area contributed by atoms with Gasteiger partial charge in [0.25, 0.3) is 10.0 Å². The highest BCUT2D eigenvalue weighted by Gasteiger charge is 2.35. The topological polar surface area (TPSA) is 86.8 Å². The van der Waals surface area contributed by atoms with E-state index >= 15 is 0 Å². The molecule has 0 aliphatic carbocycles. The minimum atomic E-state index is -4.23. The fourth-order valence-electron chi connectivity index (χ4n) is 4.95. The lowest BCUT2D eigenvalue weighted by molar-refractivity contribution is -0.140. The van der Waals surface area contributed by atoms with Gasteiger partial charge in [-0.2, -0.15) is 0 Å². The lowest BCUT2D eigenvalue weighted by Crippen LogP contribution is -2.53. The third kappa shape index (κ3) is 8.87. The summed E-state index contributed by atoms with van der Waals surface area (Å²) in [6, 6.07) is 26.9. The number of benzene rings is 4. The van der Waals surface area contributed by atoms with Gasteiger partial charge in [-0.1, -0.05) is 96.4 Å². The first kappa shape index (κ1) is 34.0. The number of carbonyl (C=O) groups is 2. The molecule has 0 aliphatic rings. The number of rotatable bonds is 13. The van der Waals surface area contributed by atoms with Gasteiger partial charge in [0, 0.05) is 29.6 Å². The van der Waals surface area contributed by atoms with E-state index in [1.165, 1.54) is 23.1 Å². The van der Waals surface area contributed by atoms with Crippen molar-refractivity contribution in [3.8, 4) is 0 Å². The Bertz CT molecular complexity index is 1730. The minimum Gasteiger partial charge on any atom is -0.354 e. The highest BCUT2D eigenvalue weighted by molar-refractivity contribution is 7.92. The zero-order chi connectivity index (χ0) is 32.6. The van der Waals surface area contributed by atoms with E-state index in [1.54, 1.807) is 49.4 Å². The van der Waals surface area contributed by atoms with E-state index in [2.05, 4.69) is 5.32 Å². The number of nitrogens with one attached hydrogen (secondary N) is 1. The average molecular weight is 667 g/mol. The summed E-state index contributed by atoms with van der Waals surface area (Å²) in [5, 5.41) is 3.74. The number of carbonyl (C=O) groups excluding carboxylic acids is 2. The summed E-state index contributed by atoms with van der Waals surface area (Å²) in [5.41, 5.74) is 3.34. The van der Waals surface area contributed by atoms with Crippen molar-refractivity contribution in [3.05, 3.63) is 129 Å². The van der Waals surface area contributed by atoms with Crippen molar-refractivity contribution in [1.29, 1.82) is 0 Å². The fraction of sp³-hybridized carbons (Fsp3) is 0.257. The molecule has 0 aliphatic heterocycles. The molecule has 1 unspecified atom stereocenters. The Morgan fingerprint density at radius 3 is 2.16 bits per heavy atom. The van der Waals surface area contributed by atoms with Crippen molar-refractivity contribution in [1.82, 2.24) is 10.2 Å². The molecule has 7 nitrogen and oxygen atoms in total. The van der Waals surface area contributed by atoms with Crippen LogP contribution in [-0.4, -0.2) is 44.3 Å². The maximum atomic E-state index is 14.5. The Labute approximate surface area is 275 Å². The Hall–Kier alpha value is -3.85. The smallest absolute Gasteiger partial charge is 0.264 e. The molecule has 45 heavy (non-hydrogen) atoms. The lowest BCUT2D eigenvalue weighted by Gasteiger charge is -2.34. The standard InChI is InChI=1S/C35H37Cl2N3O4S/c1-4-19-38-35(42)33(21-27-9-6-5-7-10-27)39(23-28-11-8-12-29(36)20-28)34(41)24-40(32-22-30(37)16-15-26(32)3)45(43,44)31-17-13-25(2)14-18-31/h5-18,20,22,33H,4,19,21,23-24H2,1-3H3,(H,38,42). The summed E-state index contributed by atoms with van der Waals surface area (Å²) in [5.74, 6) is -0.888. The van der Waals surface area contributed by atoms with Crippen LogP contribution in [0.1, 0.15) is 35.6 Å². The van der Waals surface area contributed by atoms with Crippen LogP contribution in [0.2, 0.25) is 10.0 Å². The Balaban J connectivity index is 1.83. The van der Waals surface area contributed by atoms with Gasteiger partial charge >= 0.3 is 0 Å². The highest BCUT2D eigenvalue weighted by Crippen LogP contribution is 2.30. The van der Waals surface area contributed by atoms with Crippen molar-refractivity contribution < 1.29 is 18.0 Å². The van der Waals surface area contributed by atoms with Gasteiger partial charge in [0.05, 0.1) is 10.6 Å². The van der Waals surface area contributed by atoms with Crippen molar-refractivity contribution >= 4 is 50.7 Å². The number of aryl methyl sites for hydroxylation is 2. The second kappa shape index (κ2) is 15.4. The van der Waals surface area contributed by atoms with Crippen LogP contribution in [0.15, 0.2) is 102 Å². The maximum Gasteiger partial charge on any atom is 0.264 e. The number of sulfonamides is 1. The zero-order valence-electron chi connectivity index (χ0n) is 25.5. The molecule has 236 valence electrons. The van der Waals surface area contributed by atoms with Crippen LogP contribution in [0.25, 0.3) is 0 Å². The van der Waals surface area contributed by atoms with Crippen LogP contribution >= 0.6 is 23.2 Å². The molecule has 0 saturated heterocycles.